The summed E-state index contributed by atoms with van der Waals surface area (Å²) >= 11 is 0. The summed E-state index contributed by atoms with van der Waals surface area (Å²) in [6, 6.07) is 0. The molecular weight excluding hydrogens is 691 g/mol. The largest absolute Gasteiger partial charge is 0.462 e. The van der Waals surface area contributed by atoms with Gasteiger partial charge in [0, 0.05) is 57.8 Å². The summed E-state index contributed by atoms with van der Waals surface area (Å²) in [5.41, 5.74) is 0. The van der Waals surface area contributed by atoms with Gasteiger partial charge in [0.1, 0.15) is 18.0 Å². The van der Waals surface area contributed by atoms with Crippen LogP contribution in [0.4, 0.5) is 0 Å². The number of unbranched alkanes of at least 4 members (excludes halogenated alkanes) is 14. The smallest absolute Gasteiger partial charge is 0.306 e. The Hall–Kier alpha value is -1.97. The third-order valence-corrected chi connectivity index (χ3v) is 11.0. The summed E-state index contributed by atoms with van der Waals surface area (Å²) in [7, 11) is 0. The van der Waals surface area contributed by atoms with Gasteiger partial charge in [-0.3, -0.25) is 14.5 Å². The Bertz CT molecular complexity index is 979. The van der Waals surface area contributed by atoms with E-state index < -0.39 is 12.2 Å². The van der Waals surface area contributed by atoms with Crippen LogP contribution >= 0.6 is 0 Å². The Morgan fingerprint density at radius 3 is 1.51 bits per heavy atom. The Kier molecular flexibility index (Phi) is 32.7. The average Bonchev–Trinajstić information content (AvgIpc) is 3.63. The summed E-state index contributed by atoms with van der Waals surface area (Å²) < 4.78 is 13.7. The van der Waals surface area contributed by atoms with E-state index in [2.05, 4.69) is 49.1 Å². The van der Waals surface area contributed by atoms with E-state index in [0.29, 0.717) is 38.8 Å². The molecule has 0 bridgehead atoms. The number of aromatic nitrogens is 2. The normalized spacial score (nSPS) is 13.9. The first-order valence-corrected chi connectivity index (χ1v) is 23.2. The van der Waals surface area contributed by atoms with Gasteiger partial charge in [-0.05, 0) is 70.6 Å². The number of rotatable bonds is 39. The maximum Gasteiger partial charge on any atom is 0.306 e. The lowest BCUT2D eigenvalue weighted by Gasteiger charge is -2.27. The van der Waals surface area contributed by atoms with Crippen LogP contribution in [-0.4, -0.2) is 80.7 Å². The van der Waals surface area contributed by atoms with Crippen LogP contribution in [0.25, 0.3) is 0 Å². The molecule has 0 fully saturated rings. The molecule has 0 amide bonds. The molecule has 4 unspecified atom stereocenters. The molecule has 0 saturated heterocycles. The fraction of sp³-hybridized carbons (Fsp3) is 0.891. The van der Waals surface area contributed by atoms with E-state index in [4.69, 9.17) is 9.47 Å². The van der Waals surface area contributed by atoms with E-state index in [0.717, 1.165) is 109 Å². The molecule has 322 valence electrons. The summed E-state index contributed by atoms with van der Waals surface area (Å²) in [5.74, 6) is 0.892. The van der Waals surface area contributed by atoms with Crippen molar-refractivity contribution in [3.05, 3.63) is 18.2 Å². The second-order valence-electron chi connectivity index (χ2n) is 16.2. The van der Waals surface area contributed by atoms with Gasteiger partial charge in [0.2, 0.25) is 0 Å². The van der Waals surface area contributed by atoms with Crippen LogP contribution in [0.15, 0.2) is 12.4 Å². The molecule has 55 heavy (non-hydrogen) atoms. The molecule has 0 radical (unpaired) electrons. The minimum atomic E-state index is -0.487. The molecule has 1 aromatic rings. The number of aryl methyl sites for hydroxylation is 2. The molecule has 1 aromatic heterocycles. The summed E-state index contributed by atoms with van der Waals surface area (Å²) in [6.07, 6.45) is 30.6. The third kappa shape index (κ3) is 28.1. The number of aliphatic hydroxyl groups is 2. The van der Waals surface area contributed by atoms with Crippen LogP contribution in [0.3, 0.4) is 0 Å². The maximum absolute atomic E-state index is 12.5. The lowest BCUT2D eigenvalue weighted by molar-refractivity contribution is -0.150. The van der Waals surface area contributed by atoms with Crippen LogP contribution in [0.5, 0.6) is 0 Å². The van der Waals surface area contributed by atoms with E-state index >= 15 is 0 Å². The zero-order chi connectivity index (χ0) is 40.4. The van der Waals surface area contributed by atoms with Crippen molar-refractivity contribution in [3.8, 4) is 0 Å². The Balaban J connectivity index is 2.41. The summed E-state index contributed by atoms with van der Waals surface area (Å²) in [6.45, 7) is 13.4. The van der Waals surface area contributed by atoms with Crippen molar-refractivity contribution in [2.75, 3.05) is 19.6 Å². The van der Waals surface area contributed by atoms with Crippen molar-refractivity contribution >= 4 is 11.9 Å². The molecule has 9 nitrogen and oxygen atoms in total. The van der Waals surface area contributed by atoms with Crippen LogP contribution in [0, 0.1) is 0 Å². The number of hydrogen-bond donors (Lipinski definition) is 2. The van der Waals surface area contributed by atoms with Gasteiger partial charge in [-0.15, -0.1) is 0 Å². The number of carbonyl (C=O) groups excluding carboxylic acids is 2. The monoisotopic (exact) mass is 778 g/mol. The summed E-state index contributed by atoms with van der Waals surface area (Å²) in [5, 5.41) is 22.0. The van der Waals surface area contributed by atoms with E-state index in [9.17, 15) is 19.8 Å². The number of aliphatic hydroxyl groups excluding tert-OH is 2. The average molecular weight is 778 g/mol. The van der Waals surface area contributed by atoms with E-state index in [-0.39, 0.29) is 24.1 Å². The van der Waals surface area contributed by atoms with Gasteiger partial charge in [-0.25, -0.2) is 4.98 Å². The van der Waals surface area contributed by atoms with Crippen molar-refractivity contribution in [1.82, 2.24) is 14.5 Å². The van der Waals surface area contributed by atoms with Crippen LogP contribution < -0.4 is 0 Å². The summed E-state index contributed by atoms with van der Waals surface area (Å²) in [4.78, 5) is 31.6. The second-order valence-corrected chi connectivity index (χ2v) is 16.2. The van der Waals surface area contributed by atoms with E-state index in [1.165, 1.54) is 64.2 Å². The van der Waals surface area contributed by atoms with Gasteiger partial charge in [-0.1, -0.05) is 125 Å². The van der Waals surface area contributed by atoms with Crippen LogP contribution in [0.1, 0.15) is 214 Å². The zero-order valence-electron chi connectivity index (χ0n) is 36.5. The topological polar surface area (TPSA) is 114 Å². The molecule has 1 rings (SSSR count). The highest BCUT2D eigenvalue weighted by molar-refractivity contribution is 5.69. The maximum atomic E-state index is 12.5. The molecule has 0 aliphatic rings. The number of nitrogens with zero attached hydrogens (tertiary/aromatic N) is 3. The van der Waals surface area contributed by atoms with Gasteiger partial charge in [0.25, 0.3) is 0 Å². The minimum absolute atomic E-state index is 0.0333. The minimum Gasteiger partial charge on any atom is -0.462 e. The fourth-order valence-corrected chi connectivity index (χ4v) is 7.50. The highest BCUT2D eigenvalue weighted by Crippen LogP contribution is 2.17. The number of carbonyl (C=O) groups is 2. The third-order valence-electron chi connectivity index (χ3n) is 11.0. The number of hydrogen-bond acceptors (Lipinski definition) is 8. The molecule has 0 saturated carbocycles. The number of esters is 2. The Morgan fingerprint density at radius 1 is 0.618 bits per heavy atom. The Morgan fingerprint density at radius 2 is 1.05 bits per heavy atom. The van der Waals surface area contributed by atoms with Crippen LogP contribution in [-0.2, 0) is 32.0 Å². The highest BCUT2D eigenvalue weighted by Gasteiger charge is 2.18. The van der Waals surface area contributed by atoms with Crippen molar-refractivity contribution in [2.45, 2.75) is 245 Å². The molecule has 0 spiro atoms. The second kappa shape index (κ2) is 35.2. The molecular formula is C46H87N3O6. The molecule has 9 heteroatoms. The molecule has 0 aliphatic heterocycles. The van der Waals surface area contributed by atoms with Crippen LogP contribution in [0.2, 0.25) is 0 Å². The molecule has 0 aliphatic carbocycles. The molecule has 2 N–H and O–H groups in total. The SMILES string of the molecule is CCCCCCCCC(CC)OC(=O)CCCCCC(O)CN(CCCn1ccnc1CC)CC(O)CCCCCC(=O)OC(CC)CCCCCCCC. The quantitative estimate of drug-likeness (QED) is 0.0502. The van der Waals surface area contributed by atoms with Gasteiger partial charge in [-0.2, -0.15) is 0 Å². The molecule has 1 heterocycles. The predicted molar refractivity (Wildman–Crippen MR) is 227 cm³/mol. The highest BCUT2D eigenvalue weighted by atomic mass is 16.5. The van der Waals surface area contributed by atoms with E-state index in [1.807, 2.05) is 12.4 Å². The first-order valence-electron chi connectivity index (χ1n) is 23.2. The lowest BCUT2D eigenvalue weighted by Crippen LogP contribution is -2.39. The number of ether oxygens (including phenoxy) is 2. The zero-order valence-corrected chi connectivity index (χ0v) is 36.5. The standard InChI is InChI=1S/C46H87N3O6/c1-6-11-13-15-17-23-30-42(8-3)54-45(52)32-25-19-21-28-40(50)38-48(35-27-36-49-37-34-47-44(49)10-5)39-41(51)29-22-20-26-33-46(53)55-43(9-4)31-24-18-16-14-12-7-2/h34,37,40-43,50-51H,6-33,35-36,38-39H2,1-5H3. The first kappa shape index (κ1) is 51.0. The molecule has 4 atom stereocenters. The lowest BCUT2D eigenvalue weighted by atomic mass is 10.1. The Labute approximate surface area is 338 Å². The van der Waals surface area contributed by atoms with Gasteiger partial charge < -0.3 is 24.3 Å². The van der Waals surface area contributed by atoms with Crippen molar-refractivity contribution in [1.29, 1.82) is 0 Å². The predicted octanol–water partition coefficient (Wildman–Crippen LogP) is 10.9. The van der Waals surface area contributed by atoms with Crippen molar-refractivity contribution < 1.29 is 29.3 Å². The molecule has 0 aromatic carbocycles. The fourth-order valence-electron chi connectivity index (χ4n) is 7.50. The van der Waals surface area contributed by atoms with Gasteiger partial charge in [0.05, 0.1) is 12.2 Å². The first-order chi connectivity index (χ1) is 26.8. The van der Waals surface area contributed by atoms with E-state index in [1.54, 1.807) is 0 Å². The van der Waals surface area contributed by atoms with Crippen molar-refractivity contribution in [3.63, 3.8) is 0 Å². The van der Waals surface area contributed by atoms with Crippen molar-refractivity contribution in [2.24, 2.45) is 0 Å². The van der Waals surface area contributed by atoms with Gasteiger partial charge in [0.15, 0.2) is 0 Å². The number of imidazole rings is 1. The van der Waals surface area contributed by atoms with Gasteiger partial charge >= 0.3 is 11.9 Å².